The van der Waals surface area contributed by atoms with Gasteiger partial charge in [-0.05, 0) is 36.1 Å². The molecule has 0 saturated carbocycles. The van der Waals surface area contributed by atoms with Crippen molar-refractivity contribution >= 4 is 17.6 Å². The largest absolute Gasteiger partial charge is 0.481 e. The van der Waals surface area contributed by atoms with E-state index >= 15 is 0 Å². The maximum absolute atomic E-state index is 10.8. The van der Waals surface area contributed by atoms with Crippen molar-refractivity contribution in [3.05, 3.63) is 70.7 Å². The minimum atomic E-state index is -0.758. The van der Waals surface area contributed by atoms with Crippen LogP contribution in [0.5, 0.6) is 0 Å². The first-order valence-corrected chi connectivity index (χ1v) is 7.75. The summed E-state index contributed by atoms with van der Waals surface area (Å²) < 4.78 is 0. The molecule has 4 heteroatoms. The molecule has 0 bridgehead atoms. The summed E-state index contributed by atoms with van der Waals surface area (Å²) in [5.74, 6) is -0.758. The summed E-state index contributed by atoms with van der Waals surface area (Å²) in [6.45, 7) is 0.703. The van der Waals surface area contributed by atoms with Gasteiger partial charge in [-0.2, -0.15) is 0 Å². The molecular formula is C18H20ClNO2. The molecule has 0 amide bonds. The average molecular weight is 318 g/mol. The summed E-state index contributed by atoms with van der Waals surface area (Å²) in [5.41, 5.74) is 2.35. The number of nitrogens with one attached hydrogen (secondary N) is 1. The number of rotatable bonds is 8. The van der Waals surface area contributed by atoms with Crippen molar-refractivity contribution in [2.75, 3.05) is 0 Å². The number of carboxylic acids is 1. The third kappa shape index (κ3) is 5.88. The number of benzene rings is 2. The average Bonchev–Trinajstić information content (AvgIpc) is 2.52. The van der Waals surface area contributed by atoms with E-state index in [9.17, 15) is 4.79 Å². The van der Waals surface area contributed by atoms with E-state index < -0.39 is 5.97 Å². The lowest BCUT2D eigenvalue weighted by Gasteiger charge is -2.18. The fourth-order valence-corrected chi connectivity index (χ4v) is 2.46. The highest BCUT2D eigenvalue weighted by Crippen LogP contribution is 2.12. The van der Waals surface area contributed by atoms with Gasteiger partial charge in [0, 0.05) is 24.0 Å². The molecule has 0 aliphatic rings. The molecule has 0 heterocycles. The van der Waals surface area contributed by atoms with Crippen molar-refractivity contribution in [3.8, 4) is 0 Å². The Morgan fingerprint density at radius 3 is 2.36 bits per heavy atom. The highest BCUT2D eigenvalue weighted by atomic mass is 35.5. The van der Waals surface area contributed by atoms with Crippen molar-refractivity contribution < 1.29 is 9.90 Å². The lowest BCUT2D eigenvalue weighted by molar-refractivity contribution is -0.137. The van der Waals surface area contributed by atoms with Gasteiger partial charge in [0.25, 0.3) is 0 Å². The Bertz CT molecular complexity index is 584. The number of halogens is 1. The van der Waals surface area contributed by atoms with E-state index in [4.69, 9.17) is 16.7 Å². The van der Waals surface area contributed by atoms with E-state index in [0.717, 1.165) is 17.0 Å². The first kappa shape index (κ1) is 16.5. The summed E-state index contributed by atoms with van der Waals surface area (Å²) in [5, 5.41) is 13.1. The molecule has 0 fully saturated rings. The molecule has 1 atom stereocenters. The van der Waals surface area contributed by atoms with Crippen LogP contribution in [0, 0.1) is 0 Å². The molecule has 0 radical (unpaired) electrons. The van der Waals surface area contributed by atoms with E-state index in [1.54, 1.807) is 0 Å². The Hall–Kier alpha value is -1.84. The fraction of sp³-hybridized carbons (Fsp3) is 0.278. The van der Waals surface area contributed by atoms with Crippen LogP contribution in [-0.4, -0.2) is 17.1 Å². The lowest BCUT2D eigenvalue weighted by Crippen LogP contribution is -2.31. The Labute approximate surface area is 135 Å². The number of aliphatic carboxylic acids is 1. The number of carbonyl (C=O) groups is 1. The fourth-order valence-electron chi connectivity index (χ4n) is 2.34. The second-order valence-corrected chi connectivity index (χ2v) is 5.76. The summed E-state index contributed by atoms with van der Waals surface area (Å²) in [4.78, 5) is 10.8. The third-order valence-corrected chi connectivity index (χ3v) is 3.79. The quantitative estimate of drug-likeness (QED) is 0.776. The predicted molar refractivity (Wildman–Crippen MR) is 89.1 cm³/mol. The maximum atomic E-state index is 10.8. The molecule has 0 spiro atoms. The normalized spacial score (nSPS) is 12.0. The molecule has 0 aliphatic heterocycles. The number of hydrogen-bond acceptors (Lipinski definition) is 2. The van der Waals surface area contributed by atoms with Gasteiger partial charge in [0.2, 0.25) is 0 Å². The first-order valence-electron chi connectivity index (χ1n) is 7.37. The van der Waals surface area contributed by atoms with Crippen LogP contribution in [0.25, 0.3) is 0 Å². The molecule has 1 unspecified atom stereocenters. The zero-order chi connectivity index (χ0) is 15.8. The van der Waals surface area contributed by atoms with Crippen molar-refractivity contribution in [3.63, 3.8) is 0 Å². The van der Waals surface area contributed by atoms with Gasteiger partial charge < -0.3 is 10.4 Å². The summed E-state index contributed by atoms with van der Waals surface area (Å²) in [6.07, 6.45) is 1.60. The zero-order valence-electron chi connectivity index (χ0n) is 12.3. The van der Waals surface area contributed by atoms with E-state index in [1.807, 2.05) is 42.5 Å². The van der Waals surface area contributed by atoms with Crippen molar-refractivity contribution in [1.82, 2.24) is 5.32 Å². The molecule has 2 aromatic rings. The zero-order valence-corrected chi connectivity index (χ0v) is 13.1. The van der Waals surface area contributed by atoms with Crippen LogP contribution in [0.4, 0.5) is 0 Å². The molecular weight excluding hydrogens is 298 g/mol. The summed E-state index contributed by atoms with van der Waals surface area (Å²) >= 11 is 5.88. The molecule has 2 rings (SSSR count). The van der Waals surface area contributed by atoms with Crippen LogP contribution in [0.2, 0.25) is 5.02 Å². The number of carboxylic acid groups (broad SMARTS) is 1. The molecule has 2 aromatic carbocycles. The van der Waals surface area contributed by atoms with Gasteiger partial charge in [-0.15, -0.1) is 0 Å². The molecule has 2 N–H and O–H groups in total. The van der Waals surface area contributed by atoms with Gasteiger partial charge >= 0.3 is 5.97 Å². The van der Waals surface area contributed by atoms with E-state index in [2.05, 4.69) is 17.4 Å². The summed E-state index contributed by atoms with van der Waals surface area (Å²) in [7, 11) is 0. The van der Waals surface area contributed by atoms with E-state index in [0.29, 0.717) is 13.0 Å². The lowest BCUT2D eigenvalue weighted by atomic mass is 10.0. The van der Waals surface area contributed by atoms with Gasteiger partial charge in [0.05, 0.1) is 0 Å². The maximum Gasteiger partial charge on any atom is 0.303 e. The Morgan fingerprint density at radius 2 is 1.73 bits per heavy atom. The molecule has 0 aliphatic carbocycles. The number of hydrogen-bond donors (Lipinski definition) is 2. The van der Waals surface area contributed by atoms with Crippen LogP contribution in [0.1, 0.15) is 24.0 Å². The smallest absolute Gasteiger partial charge is 0.303 e. The van der Waals surface area contributed by atoms with Crippen LogP contribution < -0.4 is 5.32 Å². The van der Waals surface area contributed by atoms with Crippen molar-refractivity contribution in [2.45, 2.75) is 31.8 Å². The van der Waals surface area contributed by atoms with Crippen LogP contribution in [0.3, 0.4) is 0 Å². The highest BCUT2D eigenvalue weighted by molar-refractivity contribution is 6.30. The Balaban J connectivity index is 1.94. The van der Waals surface area contributed by atoms with Crippen LogP contribution in [0.15, 0.2) is 54.6 Å². The van der Waals surface area contributed by atoms with E-state index in [1.165, 1.54) is 5.56 Å². The van der Waals surface area contributed by atoms with Gasteiger partial charge in [-0.25, -0.2) is 0 Å². The van der Waals surface area contributed by atoms with Crippen molar-refractivity contribution in [1.29, 1.82) is 0 Å². The highest BCUT2D eigenvalue weighted by Gasteiger charge is 2.11. The van der Waals surface area contributed by atoms with Crippen molar-refractivity contribution in [2.24, 2.45) is 0 Å². The monoisotopic (exact) mass is 317 g/mol. The minimum Gasteiger partial charge on any atom is -0.481 e. The topological polar surface area (TPSA) is 49.3 Å². The van der Waals surface area contributed by atoms with E-state index in [-0.39, 0.29) is 12.5 Å². The SMILES string of the molecule is O=C(O)CCC(Cc1ccccc1)NCc1ccc(Cl)cc1. The molecule has 0 aromatic heterocycles. The van der Waals surface area contributed by atoms with Gasteiger partial charge in [0.15, 0.2) is 0 Å². The molecule has 3 nitrogen and oxygen atoms in total. The standard InChI is InChI=1S/C18H20ClNO2/c19-16-8-6-15(7-9-16)13-20-17(10-11-18(21)22)12-14-4-2-1-3-5-14/h1-9,17,20H,10-13H2,(H,21,22). The third-order valence-electron chi connectivity index (χ3n) is 3.54. The minimum absolute atomic E-state index is 0.133. The Morgan fingerprint density at radius 1 is 1.05 bits per heavy atom. The predicted octanol–water partition coefficient (Wildman–Crippen LogP) is 3.91. The van der Waals surface area contributed by atoms with Gasteiger partial charge in [-0.3, -0.25) is 4.79 Å². The van der Waals surface area contributed by atoms with Crippen LogP contribution >= 0.6 is 11.6 Å². The summed E-state index contributed by atoms with van der Waals surface area (Å²) in [6, 6.07) is 17.9. The molecule has 0 saturated heterocycles. The molecule has 116 valence electrons. The Kier molecular flexibility index (Phi) is 6.44. The van der Waals surface area contributed by atoms with Crippen LogP contribution in [-0.2, 0) is 17.8 Å². The first-order chi connectivity index (χ1) is 10.6. The van der Waals surface area contributed by atoms with Gasteiger partial charge in [0.1, 0.15) is 0 Å². The second-order valence-electron chi connectivity index (χ2n) is 5.33. The van der Waals surface area contributed by atoms with Gasteiger partial charge in [-0.1, -0.05) is 54.1 Å². The second kappa shape index (κ2) is 8.57. The molecule has 22 heavy (non-hydrogen) atoms.